The van der Waals surface area contributed by atoms with Crippen LogP contribution in [0.1, 0.15) is 68.2 Å². The van der Waals surface area contributed by atoms with E-state index in [1.165, 1.54) is 0 Å². The zero-order valence-electron chi connectivity index (χ0n) is 17.1. The molecule has 0 rings (SSSR count). The molecule has 0 spiro atoms. The molecule has 6 nitrogen and oxygen atoms in total. The van der Waals surface area contributed by atoms with E-state index in [9.17, 15) is 18.9 Å². The van der Waals surface area contributed by atoms with Gasteiger partial charge in [-0.15, -0.1) is 0 Å². The summed E-state index contributed by atoms with van der Waals surface area (Å²) in [5.74, 6) is -0.720. The van der Waals surface area contributed by atoms with E-state index in [0.717, 1.165) is 12.8 Å². The molecule has 0 aliphatic rings. The molecule has 0 amide bonds. The zero-order valence-corrected chi connectivity index (χ0v) is 18.9. The summed E-state index contributed by atoms with van der Waals surface area (Å²) in [7, 11) is -8.34. The van der Waals surface area contributed by atoms with Crippen molar-refractivity contribution in [3.05, 3.63) is 0 Å². The van der Waals surface area contributed by atoms with E-state index in [0.29, 0.717) is 0 Å². The molecule has 0 radical (unpaired) electrons. The third-order valence-corrected chi connectivity index (χ3v) is 7.37. The molecule has 0 aliphatic heterocycles. The zero-order chi connectivity index (χ0) is 20.1. The van der Waals surface area contributed by atoms with Crippen LogP contribution in [0.3, 0.4) is 0 Å². The summed E-state index contributed by atoms with van der Waals surface area (Å²) in [6, 6.07) is 0. The smallest absolute Gasteiger partial charge is 0.324 e. The minimum absolute atomic E-state index is 0.0749. The molecule has 0 saturated heterocycles. The van der Waals surface area contributed by atoms with Gasteiger partial charge in [0.25, 0.3) is 0 Å². The molecule has 152 valence electrons. The molecule has 0 aliphatic carbocycles. The van der Waals surface area contributed by atoms with Crippen LogP contribution in [0.15, 0.2) is 0 Å². The van der Waals surface area contributed by atoms with Gasteiger partial charge in [-0.25, -0.2) is 0 Å². The van der Waals surface area contributed by atoms with Crippen molar-refractivity contribution in [1.29, 1.82) is 0 Å². The molecule has 8 heteroatoms. The van der Waals surface area contributed by atoms with E-state index in [4.69, 9.17) is 9.05 Å². The van der Waals surface area contributed by atoms with E-state index >= 15 is 0 Å². The summed E-state index contributed by atoms with van der Waals surface area (Å²) in [4.78, 5) is 19.7. The van der Waals surface area contributed by atoms with Crippen LogP contribution in [0.25, 0.3) is 0 Å². The fourth-order valence-electron chi connectivity index (χ4n) is 3.00. The summed E-state index contributed by atoms with van der Waals surface area (Å²) in [5, 5.41) is 0. The van der Waals surface area contributed by atoms with Crippen molar-refractivity contribution in [1.82, 2.24) is 0 Å². The topological polar surface area (TPSA) is 93.1 Å². The standard InChI is InChI=1S/C17H38O6P2/c1-14(9-16(3,4)5)11-22-24(18,19)13-25(20,21)23-12-15(2)10-17(6,7)8/h14-15H,9-13H2,1-8H3,(H,18,19)(H,20,21). The van der Waals surface area contributed by atoms with E-state index in [2.05, 4.69) is 41.5 Å². The molecule has 0 bridgehead atoms. The van der Waals surface area contributed by atoms with E-state index in [-0.39, 0.29) is 35.9 Å². The first kappa shape index (κ1) is 25.3. The van der Waals surface area contributed by atoms with Crippen LogP contribution in [0.5, 0.6) is 0 Å². The quantitative estimate of drug-likeness (QED) is 0.471. The van der Waals surface area contributed by atoms with Crippen LogP contribution >= 0.6 is 15.2 Å². The summed E-state index contributed by atoms with van der Waals surface area (Å²) >= 11 is 0. The van der Waals surface area contributed by atoms with Gasteiger partial charge in [-0.2, -0.15) is 0 Å². The van der Waals surface area contributed by atoms with Crippen molar-refractivity contribution in [2.75, 3.05) is 19.1 Å². The van der Waals surface area contributed by atoms with Gasteiger partial charge >= 0.3 is 15.2 Å². The average molecular weight is 400 g/mol. The molecule has 0 aromatic carbocycles. The number of hydrogen-bond donors (Lipinski definition) is 2. The Hall–Kier alpha value is 0.300. The predicted octanol–water partition coefficient (Wildman–Crippen LogP) is 5.49. The van der Waals surface area contributed by atoms with E-state index in [1.807, 2.05) is 13.8 Å². The van der Waals surface area contributed by atoms with Gasteiger partial charge in [-0.1, -0.05) is 55.4 Å². The molecule has 4 atom stereocenters. The van der Waals surface area contributed by atoms with Crippen LogP contribution in [-0.4, -0.2) is 28.9 Å². The first-order chi connectivity index (χ1) is 10.9. The van der Waals surface area contributed by atoms with Gasteiger partial charge in [0.1, 0.15) is 0 Å². The summed E-state index contributed by atoms with van der Waals surface area (Å²) in [6.45, 7) is 16.5. The van der Waals surface area contributed by atoms with Gasteiger partial charge in [0.15, 0.2) is 5.90 Å². The molecule has 0 aromatic rings. The Balaban J connectivity index is 4.46. The third kappa shape index (κ3) is 15.1. The minimum Gasteiger partial charge on any atom is -0.324 e. The second kappa shape index (κ2) is 9.48. The van der Waals surface area contributed by atoms with Gasteiger partial charge in [-0.3, -0.25) is 9.13 Å². The highest BCUT2D eigenvalue weighted by Gasteiger charge is 2.34. The van der Waals surface area contributed by atoms with Gasteiger partial charge in [0.05, 0.1) is 13.2 Å². The highest BCUT2D eigenvalue weighted by atomic mass is 31.2. The van der Waals surface area contributed by atoms with E-state index < -0.39 is 21.1 Å². The Bertz CT molecular complexity index is 448. The fourth-order valence-corrected chi connectivity index (χ4v) is 6.44. The van der Waals surface area contributed by atoms with Crippen molar-refractivity contribution in [2.24, 2.45) is 22.7 Å². The Morgan fingerprint density at radius 1 is 0.760 bits per heavy atom. The summed E-state index contributed by atoms with van der Waals surface area (Å²) in [5.41, 5.74) is 0.168. The first-order valence-electron chi connectivity index (χ1n) is 8.83. The van der Waals surface area contributed by atoms with Crippen molar-refractivity contribution >= 4 is 15.2 Å². The molecule has 0 fully saturated rings. The molecule has 25 heavy (non-hydrogen) atoms. The van der Waals surface area contributed by atoms with Crippen molar-refractivity contribution in [3.63, 3.8) is 0 Å². The van der Waals surface area contributed by atoms with Crippen molar-refractivity contribution < 1.29 is 28.0 Å². The maximum atomic E-state index is 12.1. The van der Waals surface area contributed by atoms with Gasteiger partial charge in [0, 0.05) is 0 Å². The molecular formula is C17H38O6P2. The molecule has 0 aromatic heterocycles. The summed E-state index contributed by atoms with van der Waals surface area (Å²) in [6.07, 6.45) is 1.65. The number of rotatable bonds is 10. The predicted molar refractivity (Wildman–Crippen MR) is 103 cm³/mol. The Morgan fingerprint density at radius 3 is 1.28 bits per heavy atom. The SMILES string of the molecule is CC(COP(=O)(O)CP(=O)(O)OCC(C)CC(C)(C)C)CC(C)(C)C. The minimum atomic E-state index is -4.17. The average Bonchev–Trinajstić information content (AvgIpc) is 2.29. The van der Waals surface area contributed by atoms with Gasteiger partial charge in [0.2, 0.25) is 0 Å². The van der Waals surface area contributed by atoms with E-state index in [1.54, 1.807) is 0 Å². The lowest BCUT2D eigenvalue weighted by Gasteiger charge is -2.25. The largest absolute Gasteiger partial charge is 0.340 e. The number of hydrogen-bond acceptors (Lipinski definition) is 4. The van der Waals surface area contributed by atoms with Gasteiger partial charge < -0.3 is 18.8 Å². The van der Waals surface area contributed by atoms with Crippen molar-refractivity contribution in [2.45, 2.75) is 68.2 Å². The Kier molecular flexibility index (Phi) is 9.60. The normalized spacial score (nSPS) is 20.6. The second-order valence-electron chi connectivity index (χ2n) is 9.75. The first-order valence-corrected chi connectivity index (χ1v) is 12.4. The monoisotopic (exact) mass is 400 g/mol. The van der Waals surface area contributed by atoms with Crippen LogP contribution < -0.4 is 0 Å². The van der Waals surface area contributed by atoms with Crippen molar-refractivity contribution in [3.8, 4) is 0 Å². The lowest BCUT2D eigenvalue weighted by atomic mass is 9.86. The lowest BCUT2D eigenvalue weighted by molar-refractivity contribution is 0.179. The fraction of sp³-hybridized carbons (Fsp3) is 1.00. The highest BCUT2D eigenvalue weighted by Crippen LogP contribution is 2.58. The summed E-state index contributed by atoms with van der Waals surface area (Å²) < 4.78 is 34.3. The Labute approximate surface area is 153 Å². The van der Waals surface area contributed by atoms with Crippen LogP contribution in [0, 0.1) is 22.7 Å². The molecule has 2 N–H and O–H groups in total. The second-order valence-corrected chi connectivity index (χ2v) is 13.9. The molecule has 4 unspecified atom stereocenters. The molecule has 0 heterocycles. The third-order valence-electron chi connectivity index (χ3n) is 3.40. The highest BCUT2D eigenvalue weighted by molar-refractivity contribution is 7.70. The maximum absolute atomic E-state index is 12.1. The van der Waals surface area contributed by atoms with Crippen LogP contribution in [0.4, 0.5) is 0 Å². The van der Waals surface area contributed by atoms with Crippen LogP contribution in [-0.2, 0) is 18.2 Å². The Morgan fingerprint density at radius 2 is 1.04 bits per heavy atom. The molecule has 0 saturated carbocycles. The maximum Gasteiger partial charge on any atom is 0.340 e. The molecular weight excluding hydrogens is 362 g/mol. The van der Waals surface area contributed by atoms with Gasteiger partial charge in [-0.05, 0) is 35.5 Å². The lowest BCUT2D eigenvalue weighted by Crippen LogP contribution is -2.16. The van der Waals surface area contributed by atoms with Crippen LogP contribution in [0.2, 0.25) is 0 Å².